The minimum absolute atomic E-state index is 0.0158. The van der Waals surface area contributed by atoms with E-state index in [0.717, 1.165) is 30.9 Å². The minimum atomic E-state index is -4.41. The summed E-state index contributed by atoms with van der Waals surface area (Å²) in [4.78, 5) is 19.3. The number of nitrogens with zero attached hydrogens (tertiary/aromatic N) is 3. The van der Waals surface area contributed by atoms with Crippen LogP contribution in [0.25, 0.3) is 5.52 Å². The summed E-state index contributed by atoms with van der Waals surface area (Å²) in [6.45, 7) is 11.3. The van der Waals surface area contributed by atoms with Gasteiger partial charge in [-0.15, -0.1) is 0 Å². The van der Waals surface area contributed by atoms with Gasteiger partial charge in [0.05, 0.1) is 22.8 Å². The highest BCUT2D eigenvalue weighted by Gasteiger charge is 2.59. The van der Waals surface area contributed by atoms with Crippen LogP contribution >= 0.6 is 0 Å². The smallest absolute Gasteiger partial charge is 0.375 e. The Morgan fingerprint density at radius 2 is 1.93 bits per heavy atom. The summed E-state index contributed by atoms with van der Waals surface area (Å²) >= 11 is 0. The van der Waals surface area contributed by atoms with Crippen molar-refractivity contribution < 1.29 is 18.0 Å². The maximum absolute atomic E-state index is 12.9. The van der Waals surface area contributed by atoms with Gasteiger partial charge in [0.1, 0.15) is 5.82 Å². The number of nitrogens with one attached hydrogen (secondary N) is 1. The molecule has 2 unspecified atom stereocenters. The van der Waals surface area contributed by atoms with Crippen LogP contribution in [0, 0.1) is 17.8 Å². The van der Waals surface area contributed by atoms with Crippen molar-refractivity contribution in [2.24, 2.45) is 17.8 Å². The molecule has 8 heteroatoms. The Labute approximate surface area is 161 Å². The molecular weight excluding hydrogens is 369 g/mol. The molecule has 150 valence electrons. The number of aromatic nitrogens is 2. The zero-order chi connectivity index (χ0) is 20.4. The van der Waals surface area contributed by atoms with Crippen LogP contribution in [0.1, 0.15) is 32.2 Å². The number of hydrogen-bond donors (Lipinski definition) is 1. The number of halogens is 3. The fraction of sp³-hybridized carbons (Fsp3) is 0.500. The Hall–Kier alpha value is -2.51. The Kier molecular flexibility index (Phi) is 4.03. The van der Waals surface area contributed by atoms with Crippen LogP contribution in [-0.4, -0.2) is 33.3 Å². The number of carbonyl (C=O) groups is 1. The Morgan fingerprint density at radius 3 is 2.50 bits per heavy atom. The largest absolute Gasteiger partial charge is 0.416 e. The fourth-order valence-electron chi connectivity index (χ4n) is 4.31. The van der Waals surface area contributed by atoms with Gasteiger partial charge in [-0.2, -0.15) is 13.2 Å². The quantitative estimate of drug-likeness (QED) is 0.868. The third-order valence-electron chi connectivity index (χ3n) is 5.89. The molecule has 5 nitrogen and oxygen atoms in total. The SMILES string of the molecule is C=C(C)N1CC2C(C1)C2C(=O)NC(C)(C)c1ncc2cc(C(F)(F)F)ccn12. The normalized spacial score (nSPS) is 24.4. The summed E-state index contributed by atoms with van der Waals surface area (Å²) in [6, 6.07) is 2.08. The average Bonchev–Trinajstić information content (AvgIpc) is 2.95. The van der Waals surface area contributed by atoms with Crippen LogP contribution in [0.4, 0.5) is 13.2 Å². The molecule has 2 aromatic heterocycles. The Bertz CT molecular complexity index is 950. The Balaban J connectivity index is 1.50. The second-order valence-electron chi connectivity index (χ2n) is 8.40. The number of allylic oxidation sites excluding steroid dienone is 1. The van der Waals surface area contributed by atoms with Crippen molar-refractivity contribution in [2.45, 2.75) is 32.5 Å². The van der Waals surface area contributed by atoms with E-state index in [9.17, 15) is 18.0 Å². The molecule has 1 saturated carbocycles. The molecule has 1 aliphatic carbocycles. The number of carbonyl (C=O) groups excluding carboxylic acids is 1. The molecule has 4 rings (SSSR count). The lowest BCUT2D eigenvalue weighted by atomic mass is 10.0. The second-order valence-corrected chi connectivity index (χ2v) is 8.40. The van der Waals surface area contributed by atoms with E-state index in [1.165, 1.54) is 12.4 Å². The molecule has 1 N–H and O–H groups in total. The van der Waals surface area contributed by atoms with E-state index in [1.807, 2.05) is 20.8 Å². The van der Waals surface area contributed by atoms with E-state index < -0.39 is 17.3 Å². The first-order chi connectivity index (χ1) is 13.0. The molecule has 0 aromatic carbocycles. The van der Waals surface area contributed by atoms with Crippen molar-refractivity contribution in [3.63, 3.8) is 0 Å². The standard InChI is InChI=1S/C20H23F3N4O/c1-11(2)26-9-14-15(10-26)16(14)17(28)25-19(3,4)18-24-8-13-7-12(20(21,22)23)5-6-27(13)18/h5-8,14-16H,1,9-10H2,2-4H3,(H,25,28). The number of alkyl halides is 3. The molecule has 1 amide bonds. The highest BCUT2D eigenvalue weighted by molar-refractivity contribution is 5.83. The number of imidazole rings is 1. The first kappa shape index (κ1) is 18.8. The van der Waals surface area contributed by atoms with Crippen molar-refractivity contribution >= 4 is 11.4 Å². The zero-order valence-electron chi connectivity index (χ0n) is 16.0. The number of amides is 1. The predicted molar refractivity (Wildman–Crippen MR) is 98.2 cm³/mol. The van der Waals surface area contributed by atoms with Gasteiger partial charge in [0.2, 0.25) is 5.91 Å². The molecule has 2 aromatic rings. The maximum atomic E-state index is 12.9. The molecule has 28 heavy (non-hydrogen) atoms. The second kappa shape index (κ2) is 5.99. The lowest BCUT2D eigenvalue weighted by Crippen LogP contribution is -2.44. The average molecular weight is 392 g/mol. The summed E-state index contributed by atoms with van der Waals surface area (Å²) in [5, 5.41) is 3.04. The third-order valence-corrected chi connectivity index (χ3v) is 5.89. The zero-order valence-corrected chi connectivity index (χ0v) is 16.0. The molecule has 2 atom stereocenters. The first-order valence-corrected chi connectivity index (χ1v) is 9.26. The lowest BCUT2D eigenvalue weighted by Gasteiger charge is -2.27. The van der Waals surface area contributed by atoms with Crippen molar-refractivity contribution in [3.05, 3.63) is 48.2 Å². The fourth-order valence-corrected chi connectivity index (χ4v) is 4.31. The van der Waals surface area contributed by atoms with Crippen LogP contribution in [-0.2, 0) is 16.5 Å². The summed E-state index contributed by atoms with van der Waals surface area (Å²) in [5.74, 6) is 1.15. The Morgan fingerprint density at radius 1 is 1.29 bits per heavy atom. The summed E-state index contributed by atoms with van der Waals surface area (Å²) in [6.07, 6.45) is -1.66. The molecular formula is C20H23F3N4O. The van der Waals surface area contributed by atoms with Crippen LogP contribution in [0.2, 0.25) is 0 Å². The van der Waals surface area contributed by atoms with Gasteiger partial charge in [-0.1, -0.05) is 6.58 Å². The van der Waals surface area contributed by atoms with Gasteiger partial charge in [0, 0.05) is 30.9 Å². The highest BCUT2D eigenvalue weighted by atomic mass is 19.4. The third kappa shape index (κ3) is 3.04. The molecule has 2 fully saturated rings. The van der Waals surface area contributed by atoms with E-state index in [2.05, 4.69) is 21.8 Å². The summed E-state index contributed by atoms with van der Waals surface area (Å²) in [7, 11) is 0. The number of likely N-dealkylation sites (tertiary alicyclic amines) is 1. The van der Waals surface area contributed by atoms with E-state index in [4.69, 9.17) is 0 Å². The molecule has 0 spiro atoms. The van der Waals surface area contributed by atoms with Crippen molar-refractivity contribution in [1.82, 2.24) is 19.6 Å². The van der Waals surface area contributed by atoms with E-state index in [1.54, 1.807) is 4.40 Å². The molecule has 0 bridgehead atoms. The minimum Gasteiger partial charge on any atom is -0.375 e. The van der Waals surface area contributed by atoms with E-state index in [0.29, 0.717) is 23.2 Å². The molecule has 0 radical (unpaired) electrons. The number of pyridine rings is 1. The van der Waals surface area contributed by atoms with Gasteiger partial charge >= 0.3 is 6.18 Å². The molecule has 1 saturated heterocycles. The van der Waals surface area contributed by atoms with Crippen molar-refractivity contribution in [1.29, 1.82) is 0 Å². The van der Waals surface area contributed by atoms with Crippen molar-refractivity contribution in [2.75, 3.05) is 13.1 Å². The summed E-state index contributed by atoms with van der Waals surface area (Å²) < 4.78 is 40.3. The first-order valence-electron chi connectivity index (χ1n) is 9.26. The monoisotopic (exact) mass is 392 g/mol. The van der Waals surface area contributed by atoms with Crippen LogP contribution in [0.3, 0.4) is 0 Å². The lowest BCUT2D eigenvalue weighted by molar-refractivity contribution is -0.137. The van der Waals surface area contributed by atoms with E-state index >= 15 is 0 Å². The van der Waals surface area contributed by atoms with Crippen molar-refractivity contribution in [3.8, 4) is 0 Å². The molecule has 2 aliphatic rings. The number of piperidine rings is 1. The maximum Gasteiger partial charge on any atom is 0.416 e. The van der Waals surface area contributed by atoms with Gasteiger partial charge in [-0.25, -0.2) is 4.98 Å². The molecule has 1 aliphatic heterocycles. The van der Waals surface area contributed by atoms with Gasteiger partial charge in [0.25, 0.3) is 0 Å². The summed E-state index contributed by atoms with van der Waals surface area (Å²) in [5.41, 5.74) is -0.170. The topological polar surface area (TPSA) is 49.6 Å². The van der Waals surface area contributed by atoms with Gasteiger partial charge in [-0.3, -0.25) is 4.79 Å². The van der Waals surface area contributed by atoms with Gasteiger partial charge in [-0.05, 0) is 44.7 Å². The van der Waals surface area contributed by atoms with Gasteiger partial charge < -0.3 is 14.6 Å². The molecule has 3 heterocycles. The predicted octanol–water partition coefficient (Wildman–Crippen LogP) is 3.42. The number of hydrogen-bond acceptors (Lipinski definition) is 3. The highest BCUT2D eigenvalue weighted by Crippen LogP contribution is 2.52. The number of rotatable bonds is 4. The van der Waals surface area contributed by atoms with Crippen LogP contribution in [0.15, 0.2) is 36.8 Å². The van der Waals surface area contributed by atoms with Crippen LogP contribution < -0.4 is 5.32 Å². The van der Waals surface area contributed by atoms with E-state index in [-0.39, 0.29) is 11.8 Å². The van der Waals surface area contributed by atoms with Gasteiger partial charge in [0.15, 0.2) is 0 Å². The van der Waals surface area contributed by atoms with Crippen LogP contribution in [0.5, 0.6) is 0 Å². The number of fused-ring (bicyclic) bond motifs is 2.